The Balaban J connectivity index is 1.86. The zero-order valence-electron chi connectivity index (χ0n) is 18.0. The predicted octanol–water partition coefficient (Wildman–Crippen LogP) is 0.927. The van der Waals surface area contributed by atoms with Crippen molar-refractivity contribution in [2.75, 3.05) is 20.3 Å². The Morgan fingerprint density at radius 2 is 1.97 bits per heavy atom. The van der Waals surface area contributed by atoms with Crippen LogP contribution >= 0.6 is 0 Å². The third-order valence-electron chi connectivity index (χ3n) is 5.00. The molecule has 160 valence electrons. The lowest BCUT2D eigenvalue weighted by atomic mass is 10.2. The number of methoxy groups -OCH3 is 1. The summed E-state index contributed by atoms with van der Waals surface area (Å²) in [5, 5.41) is 3.16. The summed E-state index contributed by atoms with van der Waals surface area (Å²) in [6, 6.07) is 11.6. The fourth-order valence-corrected chi connectivity index (χ4v) is 3.62. The number of para-hydroxylation sites is 1. The van der Waals surface area contributed by atoms with E-state index >= 15 is 0 Å². The van der Waals surface area contributed by atoms with Gasteiger partial charge in [-0.15, -0.1) is 0 Å². The molecule has 0 fully saturated rings. The summed E-state index contributed by atoms with van der Waals surface area (Å²) < 4.78 is 16.5. The van der Waals surface area contributed by atoms with Gasteiger partial charge in [-0.2, -0.15) is 0 Å². The van der Waals surface area contributed by atoms with Crippen LogP contribution in [0.1, 0.15) is 23.9 Å². The molecule has 4 rings (SSSR count). The van der Waals surface area contributed by atoms with Crippen LogP contribution < -0.4 is 26.0 Å². The number of hydrogen-bond donors (Lipinski definition) is 2. The van der Waals surface area contributed by atoms with Crippen molar-refractivity contribution >= 4 is 23.5 Å². The molecular formula is C24H25N3O4. The topological polar surface area (TPSA) is 88.7 Å². The highest BCUT2D eigenvalue weighted by atomic mass is 16.6. The maximum absolute atomic E-state index is 11.9. The Hall–Kier alpha value is -3.74. The zero-order chi connectivity index (χ0) is 22.0. The first-order valence-electron chi connectivity index (χ1n) is 10.1. The third kappa shape index (κ3) is 4.12. The maximum Gasteiger partial charge on any atom is 0.344 e. The van der Waals surface area contributed by atoms with E-state index in [1.54, 1.807) is 14.0 Å². The van der Waals surface area contributed by atoms with Crippen molar-refractivity contribution in [2.24, 2.45) is 4.99 Å². The van der Waals surface area contributed by atoms with E-state index in [1.165, 1.54) is 0 Å². The van der Waals surface area contributed by atoms with Crippen LogP contribution in [0.4, 0.5) is 0 Å². The van der Waals surface area contributed by atoms with Crippen molar-refractivity contribution in [2.45, 2.75) is 20.8 Å². The van der Waals surface area contributed by atoms with Crippen LogP contribution in [0.3, 0.4) is 0 Å². The second-order valence-electron chi connectivity index (χ2n) is 7.26. The van der Waals surface area contributed by atoms with E-state index < -0.39 is 5.97 Å². The number of aromatic nitrogens is 2. The first kappa shape index (κ1) is 20.5. The molecule has 3 aromatic rings. The number of carbonyl (C=O) groups excluding carboxylic acids is 1. The molecule has 0 atom stereocenters. The third-order valence-corrected chi connectivity index (χ3v) is 5.00. The number of aryl methyl sites for hydroxylation is 2. The molecule has 7 nitrogen and oxygen atoms in total. The standard InChI is InChI=1S/C24H25N3O4/c1-5-30-22(28)13-31-24-16-8-6-7-9-17(16)27-23(24)20-12-21(29-4)19(26-20)11-18-14(2)10-15(3)25-18/h6-12,25-26H,5,13H2,1-4H3. The monoisotopic (exact) mass is 419 g/mol. The molecule has 1 aromatic carbocycles. The van der Waals surface area contributed by atoms with E-state index in [2.05, 4.69) is 23.0 Å². The molecule has 2 N–H and O–H groups in total. The van der Waals surface area contributed by atoms with Crippen LogP contribution in [0.25, 0.3) is 17.5 Å². The number of H-pyrrole nitrogens is 2. The smallest absolute Gasteiger partial charge is 0.344 e. The number of carbonyl (C=O) groups is 1. The van der Waals surface area contributed by atoms with Gasteiger partial charge in [0.15, 0.2) is 12.4 Å². The van der Waals surface area contributed by atoms with E-state index in [1.807, 2.05) is 43.3 Å². The average molecular weight is 419 g/mol. The van der Waals surface area contributed by atoms with E-state index in [0.717, 1.165) is 38.2 Å². The van der Waals surface area contributed by atoms with E-state index in [-0.39, 0.29) is 6.61 Å². The first-order chi connectivity index (χ1) is 15.0. The molecule has 0 saturated heterocycles. The SMILES string of the molecule is CCOC(=O)COC1=c2ccccc2=NC1=c1cc(OC)c(=Cc2[nH]c(C)cc2C)[nH]1. The molecule has 0 radical (unpaired) electrons. The molecule has 1 aliphatic heterocycles. The Kier molecular flexibility index (Phi) is 5.66. The maximum atomic E-state index is 11.9. The molecule has 0 bridgehead atoms. The second kappa shape index (κ2) is 8.55. The Morgan fingerprint density at radius 1 is 1.16 bits per heavy atom. The van der Waals surface area contributed by atoms with Crippen LogP contribution in [0, 0.1) is 13.8 Å². The number of hydrogen-bond acceptors (Lipinski definition) is 5. The fourth-order valence-electron chi connectivity index (χ4n) is 3.62. The second-order valence-corrected chi connectivity index (χ2v) is 7.26. The number of nitrogens with zero attached hydrogens (tertiary/aromatic N) is 1. The lowest BCUT2D eigenvalue weighted by Gasteiger charge is -2.07. The largest absolute Gasteiger partial charge is 0.494 e. The molecule has 1 aliphatic rings. The highest BCUT2D eigenvalue weighted by Gasteiger charge is 2.18. The molecule has 3 heterocycles. The van der Waals surface area contributed by atoms with Gasteiger partial charge in [-0.25, -0.2) is 9.79 Å². The van der Waals surface area contributed by atoms with Crippen molar-refractivity contribution in [3.05, 3.63) is 74.6 Å². The molecule has 0 unspecified atom stereocenters. The van der Waals surface area contributed by atoms with Gasteiger partial charge >= 0.3 is 5.97 Å². The molecule has 0 spiro atoms. The Labute approximate surface area is 179 Å². The fraction of sp³-hybridized carbons (Fsp3) is 0.250. The summed E-state index contributed by atoms with van der Waals surface area (Å²) in [4.78, 5) is 23.3. The highest BCUT2D eigenvalue weighted by Crippen LogP contribution is 2.16. The van der Waals surface area contributed by atoms with Gasteiger partial charge in [-0.05, 0) is 50.6 Å². The summed E-state index contributed by atoms with van der Waals surface area (Å²) in [5.41, 5.74) is 3.85. The number of esters is 1. The van der Waals surface area contributed by atoms with Gasteiger partial charge in [-0.3, -0.25) is 0 Å². The van der Waals surface area contributed by atoms with Crippen LogP contribution in [0.5, 0.6) is 5.75 Å². The van der Waals surface area contributed by atoms with Crippen LogP contribution in [-0.2, 0) is 14.3 Å². The number of fused-ring (bicyclic) bond motifs is 1. The molecule has 2 aromatic heterocycles. The number of nitrogens with one attached hydrogen (secondary N) is 2. The number of aromatic amines is 2. The molecular weight excluding hydrogens is 394 g/mol. The van der Waals surface area contributed by atoms with Gasteiger partial charge in [-0.1, -0.05) is 12.1 Å². The Morgan fingerprint density at radius 3 is 2.68 bits per heavy atom. The number of ether oxygens (including phenoxy) is 3. The van der Waals surface area contributed by atoms with Crippen LogP contribution in [0.15, 0.2) is 41.4 Å². The zero-order valence-corrected chi connectivity index (χ0v) is 18.0. The minimum absolute atomic E-state index is 0.186. The molecule has 0 amide bonds. The Bertz CT molecular complexity index is 1380. The van der Waals surface area contributed by atoms with Crippen LogP contribution in [0.2, 0.25) is 0 Å². The lowest BCUT2D eigenvalue weighted by Crippen LogP contribution is -2.24. The molecule has 0 aliphatic carbocycles. The summed E-state index contributed by atoms with van der Waals surface area (Å²) in [6.45, 7) is 5.96. The van der Waals surface area contributed by atoms with Gasteiger partial charge in [0.05, 0.1) is 29.8 Å². The van der Waals surface area contributed by atoms with Crippen molar-refractivity contribution in [1.82, 2.24) is 9.97 Å². The lowest BCUT2D eigenvalue weighted by molar-refractivity contribution is -0.146. The summed E-state index contributed by atoms with van der Waals surface area (Å²) in [6.07, 6.45) is 2.01. The van der Waals surface area contributed by atoms with Crippen molar-refractivity contribution in [3.8, 4) is 5.75 Å². The molecule has 0 saturated carbocycles. The van der Waals surface area contributed by atoms with Crippen molar-refractivity contribution in [1.29, 1.82) is 0 Å². The quantitative estimate of drug-likeness (QED) is 0.582. The summed E-state index contributed by atoms with van der Waals surface area (Å²) in [7, 11) is 1.63. The van der Waals surface area contributed by atoms with Gasteiger partial charge in [0.1, 0.15) is 11.4 Å². The van der Waals surface area contributed by atoms with Crippen molar-refractivity contribution in [3.63, 3.8) is 0 Å². The average Bonchev–Trinajstić information content (AvgIpc) is 3.41. The first-order valence-corrected chi connectivity index (χ1v) is 10.1. The van der Waals surface area contributed by atoms with E-state index in [4.69, 9.17) is 19.2 Å². The highest BCUT2D eigenvalue weighted by molar-refractivity contribution is 5.86. The minimum atomic E-state index is -0.422. The molecule has 7 heteroatoms. The van der Waals surface area contributed by atoms with Gasteiger partial charge in [0, 0.05) is 22.7 Å². The number of rotatable bonds is 6. The minimum Gasteiger partial charge on any atom is -0.494 e. The van der Waals surface area contributed by atoms with Gasteiger partial charge in [0.25, 0.3) is 0 Å². The van der Waals surface area contributed by atoms with E-state index in [0.29, 0.717) is 23.8 Å². The normalized spacial score (nSPS) is 15.0. The predicted molar refractivity (Wildman–Crippen MR) is 117 cm³/mol. The van der Waals surface area contributed by atoms with Crippen LogP contribution in [-0.4, -0.2) is 36.3 Å². The summed E-state index contributed by atoms with van der Waals surface area (Å²) in [5.74, 6) is 0.797. The number of benzene rings is 1. The van der Waals surface area contributed by atoms with Gasteiger partial charge < -0.3 is 24.2 Å². The summed E-state index contributed by atoms with van der Waals surface area (Å²) >= 11 is 0. The molecule has 31 heavy (non-hydrogen) atoms. The van der Waals surface area contributed by atoms with Gasteiger partial charge in [0.2, 0.25) is 0 Å². The van der Waals surface area contributed by atoms with E-state index in [9.17, 15) is 4.79 Å². The van der Waals surface area contributed by atoms with Crippen molar-refractivity contribution < 1.29 is 19.0 Å².